The van der Waals surface area contributed by atoms with E-state index in [0.29, 0.717) is 0 Å². The number of para-hydroxylation sites is 3. The Balaban J connectivity index is 0.956. The molecule has 0 saturated heterocycles. The van der Waals surface area contributed by atoms with Crippen LogP contribution in [0.5, 0.6) is 23.0 Å². The molecule has 306 valence electrons. The number of fused-ring (bicyclic) bond motifs is 18. The number of aromatic nitrogens is 2. The lowest BCUT2D eigenvalue weighted by Gasteiger charge is -2.36. The van der Waals surface area contributed by atoms with Gasteiger partial charge in [0.1, 0.15) is 23.0 Å². The molecule has 0 atom stereocenters. The lowest BCUT2D eigenvalue weighted by atomic mass is 9.31. The average molecular weight is 849 g/mol. The lowest BCUT2D eigenvalue weighted by molar-refractivity contribution is 0.465. The van der Waals surface area contributed by atoms with Gasteiger partial charge in [-0.3, -0.25) is 0 Å². The number of ether oxygens (including phenoxy) is 2. The van der Waals surface area contributed by atoms with Gasteiger partial charge in [-0.25, -0.2) is 0 Å². The fourth-order valence-corrected chi connectivity index (χ4v) is 13.8. The number of benzene rings is 10. The third-order valence-electron chi connectivity index (χ3n) is 16.1. The van der Waals surface area contributed by atoms with Crippen molar-refractivity contribution in [2.75, 3.05) is 0 Å². The van der Waals surface area contributed by atoms with Crippen molar-refractivity contribution in [1.82, 2.24) is 9.13 Å². The summed E-state index contributed by atoms with van der Waals surface area (Å²) in [6.07, 6.45) is 0. The molecule has 2 aromatic heterocycles. The first-order valence-electron chi connectivity index (χ1n) is 23.4. The first-order valence-corrected chi connectivity index (χ1v) is 23.4. The van der Waals surface area contributed by atoms with E-state index in [1.54, 1.807) is 0 Å². The molecule has 5 aliphatic rings. The summed E-state index contributed by atoms with van der Waals surface area (Å²) in [5.41, 5.74) is 21.9. The fraction of sp³-hybridized carbons (Fsp3) is 0.0164. The Labute approximate surface area is 386 Å². The van der Waals surface area contributed by atoms with Gasteiger partial charge in [-0.2, -0.15) is 0 Å². The van der Waals surface area contributed by atoms with Gasteiger partial charge in [0, 0.05) is 50.0 Å². The van der Waals surface area contributed by atoms with E-state index in [9.17, 15) is 0 Å². The third kappa shape index (κ3) is 4.00. The van der Waals surface area contributed by atoms with Crippen LogP contribution >= 0.6 is 0 Å². The van der Waals surface area contributed by atoms with E-state index in [1.165, 1.54) is 121 Å². The topological polar surface area (TPSA) is 28.3 Å². The highest BCUT2D eigenvalue weighted by molar-refractivity contribution is 7.02. The second-order valence-electron chi connectivity index (χ2n) is 19.0. The standard InChI is InChI=1S/C61H34B2N2O2/c1-3-15-35(16-4-1)61(36-17-5-2-6-18-36)42-23-9-7-19-37(42)39-31-32-48-55(56(39)61)41-22-12-25-44-60(41)65(48)50-28-14-30-52-58(50)63(44)46-33-45-53(34-54(46)67-52)66-51-29-13-27-49-57(51)62(45)43-24-11-21-40-38-20-8-10-26-47(38)64(49)59(40)43/h1-34H. The van der Waals surface area contributed by atoms with Gasteiger partial charge in [-0.05, 0) is 103 Å². The normalized spacial score (nSPS) is 14.6. The smallest absolute Gasteiger partial charge is 0.256 e. The van der Waals surface area contributed by atoms with Crippen molar-refractivity contribution in [3.05, 3.63) is 229 Å². The Morgan fingerprint density at radius 2 is 0.925 bits per heavy atom. The Bertz CT molecular complexity index is 4210. The molecule has 1 aliphatic carbocycles. The molecule has 17 rings (SSSR count). The largest absolute Gasteiger partial charge is 0.458 e. The molecule has 0 N–H and O–H groups in total. The van der Waals surface area contributed by atoms with Gasteiger partial charge in [-0.1, -0.05) is 164 Å². The minimum atomic E-state index is -0.548. The van der Waals surface area contributed by atoms with Gasteiger partial charge in [-0.15, -0.1) is 0 Å². The highest BCUT2D eigenvalue weighted by Gasteiger charge is 2.50. The van der Waals surface area contributed by atoms with Crippen molar-refractivity contribution in [2.45, 2.75) is 5.41 Å². The molecule has 0 radical (unpaired) electrons. The molecule has 0 unspecified atom stereocenters. The molecule has 0 spiro atoms. The summed E-state index contributed by atoms with van der Waals surface area (Å²) in [7, 11) is 0. The summed E-state index contributed by atoms with van der Waals surface area (Å²) in [6.45, 7) is -0.0852. The number of nitrogens with zero attached hydrogens (tertiary/aromatic N) is 2. The molecular formula is C61H34B2N2O2. The molecule has 0 fully saturated rings. The van der Waals surface area contributed by atoms with Crippen molar-refractivity contribution >= 4 is 89.8 Å². The van der Waals surface area contributed by atoms with E-state index in [4.69, 9.17) is 9.47 Å². The summed E-state index contributed by atoms with van der Waals surface area (Å²) < 4.78 is 19.1. The van der Waals surface area contributed by atoms with Crippen LogP contribution in [0.25, 0.3) is 66.1 Å². The van der Waals surface area contributed by atoms with Crippen molar-refractivity contribution in [3.8, 4) is 45.5 Å². The van der Waals surface area contributed by atoms with E-state index >= 15 is 0 Å². The van der Waals surface area contributed by atoms with Gasteiger partial charge in [0.15, 0.2) is 0 Å². The van der Waals surface area contributed by atoms with Crippen LogP contribution in [0.1, 0.15) is 22.3 Å². The zero-order valence-corrected chi connectivity index (χ0v) is 36.0. The van der Waals surface area contributed by atoms with Gasteiger partial charge in [0.2, 0.25) is 0 Å². The van der Waals surface area contributed by atoms with Crippen LogP contribution in [0.4, 0.5) is 0 Å². The monoisotopic (exact) mass is 848 g/mol. The predicted octanol–water partition coefficient (Wildman–Crippen LogP) is 10.1. The Morgan fingerprint density at radius 1 is 0.373 bits per heavy atom. The summed E-state index contributed by atoms with van der Waals surface area (Å²) in [4.78, 5) is 0. The highest BCUT2D eigenvalue weighted by atomic mass is 16.5. The minimum Gasteiger partial charge on any atom is -0.458 e. The minimum absolute atomic E-state index is 0.0171. The van der Waals surface area contributed by atoms with Crippen LogP contribution in [0.15, 0.2) is 206 Å². The summed E-state index contributed by atoms with van der Waals surface area (Å²) in [6, 6.07) is 76.7. The van der Waals surface area contributed by atoms with Crippen molar-refractivity contribution in [3.63, 3.8) is 0 Å². The van der Waals surface area contributed by atoms with Crippen LogP contribution in [-0.2, 0) is 5.41 Å². The predicted molar refractivity (Wildman–Crippen MR) is 275 cm³/mol. The van der Waals surface area contributed by atoms with Gasteiger partial charge in [0.05, 0.1) is 16.4 Å². The lowest BCUT2D eigenvalue weighted by Crippen LogP contribution is -2.62. The molecule has 6 heteroatoms. The van der Waals surface area contributed by atoms with Crippen molar-refractivity contribution < 1.29 is 9.47 Å². The maximum Gasteiger partial charge on any atom is 0.256 e. The molecule has 4 nitrogen and oxygen atoms in total. The van der Waals surface area contributed by atoms with E-state index in [1.807, 2.05) is 0 Å². The van der Waals surface area contributed by atoms with Gasteiger partial charge in [0.25, 0.3) is 13.4 Å². The molecule has 67 heavy (non-hydrogen) atoms. The first-order chi connectivity index (χ1) is 33.3. The zero-order chi connectivity index (χ0) is 43.3. The van der Waals surface area contributed by atoms with E-state index in [0.717, 1.165) is 23.0 Å². The Morgan fingerprint density at radius 3 is 1.61 bits per heavy atom. The number of rotatable bonds is 2. The second kappa shape index (κ2) is 12.0. The van der Waals surface area contributed by atoms with Crippen molar-refractivity contribution in [2.24, 2.45) is 0 Å². The molecule has 12 aromatic rings. The summed E-state index contributed by atoms with van der Waals surface area (Å²) >= 11 is 0. The number of hydrogen-bond donors (Lipinski definition) is 0. The molecule has 6 heterocycles. The molecular weight excluding hydrogens is 814 g/mol. The Kier molecular flexibility index (Phi) is 6.27. The summed E-state index contributed by atoms with van der Waals surface area (Å²) in [5, 5.41) is 5.11. The van der Waals surface area contributed by atoms with Crippen LogP contribution in [0.3, 0.4) is 0 Å². The fourth-order valence-electron chi connectivity index (χ4n) is 13.8. The molecule has 4 aliphatic heterocycles. The zero-order valence-electron chi connectivity index (χ0n) is 36.0. The summed E-state index contributed by atoms with van der Waals surface area (Å²) in [5.74, 6) is 3.49. The van der Waals surface area contributed by atoms with Crippen LogP contribution in [-0.4, -0.2) is 22.6 Å². The SMILES string of the molecule is c1ccc(C2(c3ccccc3)c3ccccc3-c3ccc4c(c32)c2cccc3c2n4-c2cccc4c2B3c2cc3c(cc2O4)Oc2cccc4c2B3c2cccc3c5ccccc5n-4c23)cc1. The van der Waals surface area contributed by atoms with Crippen LogP contribution in [0, 0.1) is 0 Å². The second-order valence-corrected chi connectivity index (χ2v) is 19.0. The van der Waals surface area contributed by atoms with E-state index < -0.39 is 5.41 Å². The third-order valence-corrected chi connectivity index (χ3v) is 16.1. The number of hydrogen-bond acceptors (Lipinski definition) is 2. The van der Waals surface area contributed by atoms with Gasteiger partial charge >= 0.3 is 0 Å². The van der Waals surface area contributed by atoms with Crippen LogP contribution in [0.2, 0.25) is 0 Å². The first kappa shape index (κ1) is 34.9. The molecule has 0 bridgehead atoms. The molecule has 0 amide bonds. The van der Waals surface area contributed by atoms with Crippen LogP contribution < -0.4 is 42.3 Å². The maximum absolute atomic E-state index is 7.11. The quantitative estimate of drug-likeness (QED) is 0.162. The molecule has 0 saturated carbocycles. The Hall–Kier alpha value is -8.47. The average Bonchev–Trinajstić information content (AvgIpc) is 4.02. The van der Waals surface area contributed by atoms with E-state index in [2.05, 4.69) is 215 Å². The van der Waals surface area contributed by atoms with E-state index in [-0.39, 0.29) is 13.4 Å². The maximum atomic E-state index is 7.11. The van der Waals surface area contributed by atoms with Crippen molar-refractivity contribution in [1.29, 1.82) is 0 Å². The molecule has 10 aromatic carbocycles. The van der Waals surface area contributed by atoms with Gasteiger partial charge < -0.3 is 18.6 Å². The highest BCUT2D eigenvalue weighted by Crippen LogP contribution is 2.59.